The summed E-state index contributed by atoms with van der Waals surface area (Å²) in [7, 11) is 1.74. The van der Waals surface area contributed by atoms with Gasteiger partial charge in [-0.15, -0.1) is 0 Å². The molecule has 3 unspecified atom stereocenters. The fourth-order valence-electron chi connectivity index (χ4n) is 2.89. The third-order valence-corrected chi connectivity index (χ3v) is 4.62. The van der Waals surface area contributed by atoms with Crippen LogP contribution in [0, 0.1) is 11.7 Å². The fraction of sp³-hybridized carbons (Fsp3) is 0.562. The van der Waals surface area contributed by atoms with Crippen molar-refractivity contribution in [1.82, 2.24) is 10.6 Å². The number of nitrogens with one attached hydrogen (secondary N) is 2. The van der Waals surface area contributed by atoms with Crippen LogP contribution in [0.5, 0.6) is 0 Å². The molecule has 2 aliphatic rings. The van der Waals surface area contributed by atoms with Crippen molar-refractivity contribution < 1.29 is 9.13 Å². The molecule has 0 amide bonds. The number of nitrogens with zero attached hydrogens (tertiary/aromatic N) is 1. The number of hydrogen-bond donors (Lipinski definition) is 2. The van der Waals surface area contributed by atoms with Crippen molar-refractivity contribution in [2.24, 2.45) is 10.9 Å². The molecule has 2 fully saturated rings. The first-order valence-corrected chi connectivity index (χ1v) is 8.05. The lowest BCUT2D eigenvalue weighted by molar-refractivity contribution is 0.186. The lowest BCUT2D eigenvalue weighted by Gasteiger charge is -2.14. The summed E-state index contributed by atoms with van der Waals surface area (Å²) in [4.78, 5) is 4.23. The number of ether oxygens (including phenoxy) is 1. The Morgan fingerprint density at radius 2 is 2.36 bits per heavy atom. The van der Waals surface area contributed by atoms with Gasteiger partial charge in [-0.05, 0) is 25.0 Å². The molecule has 3 rings (SSSR count). The van der Waals surface area contributed by atoms with Crippen molar-refractivity contribution in [2.45, 2.75) is 24.8 Å². The van der Waals surface area contributed by atoms with Crippen LogP contribution in [0.4, 0.5) is 4.39 Å². The van der Waals surface area contributed by atoms with Crippen LogP contribution in [-0.2, 0) is 4.74 Å². The van der Waals surface area contributed by atoms with Crippen LogP contribution >= 0.6 is 11.6 Å². The molecule has 1 aromatic rings. The molecular formula is C16H21ClFN3O. The Kier molecular flexibility index (Phi) is 4.84. The highest BCUT2D eigenvalue weighted by molar-refractivity contribution is 6.31. The van der Waals surface area contributed by atoms with E-state index in [4.69, 9.17) is 16.3 Å². The number of benzene rings is 1. The second-order valence-corrected chi connectivity index (χ2v) is 6.32. The van der Waals surface area contributed by atoms with Gasteiger partial charge >= 0.3 is 0 Å². The maximum Gasteiger partial charge on any atom is 0.191 e. The number of hydrogen-bond acceptors (Lipinski definition) is 2. The number of halogens is 2. The van der Waals surface area contributed by atoms with E-state index >= 15 is 0 Å². The van der Waals surface area contributed by atoms with Gasteiger partial charge in [-0.3, -0.25) is 4.99 Å². The second-order valence-electron chi connectivity index (χ2n) is 5.91. The quantitative estimate of drug-likeness (QED) is 0.660. The van der Waals surface area contributed by atoms with Crippen molar-refractivity contribution in [1.29, 1.82) is 0 Å². The molecular weight excluding hydrogens is 305 g/mol. The molecule has 120 valence electrons. The molecule has 3 atom stereocenters. The second kappa shape index (κ2) is 6.84. The minimum Gasteiger partial charge on any atom is -0.381 e. The highest BCUT2D eigenvalue weighted by Gasteiger charge is 2.41. The Bertz CT molecular complexity index is 540. The van der Waals surface area contributed by atoms with E-state index in [1.807, 2.05) is 0 Å². The summed E-state index contributed by atoms with van der Waals surface area (Å²) < 4.78 is 19.3. The van der Waals surface area contributed by atoms with Crippen LogP contribution in [0.1, 0.15) is 24.3 Å². The Morgan fingerprint density at radius 3 is 3.05 bits per heavy atom. The van der Waals surface area contributed by atoms with E-state index in [2.05, 4.69) is 15.6 Å². The summed E-state index contributed by atoms with van der Waals surface area (Å²) in [5.74, 6) is 1.18. The van der Waals surface area contributed by atoms with Crippen LogP contribution < -0.4 is 10.6 Å². The van der Waals surface area contributed by atoms with E-state index in [0.29, 0.717) is 16.5 Å². The van der Waals surface area contributed by atoms with E-state index in [9.17, 15) is 4.39 Å². The van der Waals surface area contributed by atoms with Gasteiger partial charge in [0.15, 0.2) is 5.96 Å². The zero-order valence-corrected chi connectivity index (χ0v) is 13.4. The minimum absolute atomic E-state index is 0.113. The highest BCUT2D eigenvalue weighted by atomic mass is 35.5. The van der Waals surface area contributed by atoms with Crippen molar-refractivity contribution in [2.75, 3.05) is 26.8 Å². The van der Waals surface area contributed by atoms with E-state index in [1.165, 1.54) is 6.07 Å². The van der Waals surface area contributed by atoms with Crippen LogP contribution in [0.25, 0.3) is 0 Å². The number of aliphatic imine (C=N–C) groups is 1. The summed E-state index contributed by atoms with van der Waals surface area (Å²) >= 11 is 6.12. The van der Waals surface area contributed by atoms with Gasteiger partial charge in [0.25, 0.3) is 0 Å². The largest absolute Gasteiger partial charge is 0.381 e. The first-order valence-electron chi connectivity index (χ1n) is 7.68. The Labute approximate surface area is 135 Å². The molecule has 0 radical (unpaired) electrons. The third-order valence-electron chi connectivity index (χ3n) is 4.29. The molecule has 6 heteroatoms. The monoisotopic (exact) mass is 325 g/mol. The summed E-state index contributed by atoms with van der Waals surface area (Å²) in [5, 5.41) is 7.16. The fourth-order valence-corrected chi connectivity index (χ4v) is 3.20. The van der Waals surface area contributed by atoms with Gasteiger partial charge in [0.2, 0.25) is 0 Å². The summed E-state index contributed by atoms with van der Waals surface area (Å²) in [6.45, 7) is 2.49. The van der Waals surface area contributed by atoms with Crippen molar-refractivity contribution in [3.8, 4) is 0 Å². The summed E-state index contributed by atoms with van der Waals surface area (Å²) in [5.41, 5.74) is 0.612. The smallest absolute Gasteiger partial charge is 0.191 e. The Hall–Kier alpha value is -1.33. The molecule has 0 bridgehead atoms. The molecule has 1 heterocycles. The average Bonchev–Trinajstić information content (AvgIpc) is 3.04. The first-order chi connectivity index (χ1) is 10.7. The van der Waals surface area contributed by atoms with Gasteiger partial charge in [-0.1, -0.05) is 17.7 Å². The zero-order chi connectivity index (χ0) is 15.5. The maximum absolute atomic E-state index is 13.9. The molecule has 1 aliphatic carbocycles. The molecule has 1 aromatic carbocycles. The van der Waals surface area contributed by atoms with Gasteiger partial charge < -0.3 is 15.4 Å². The third kappa shape index (κ3) is 3.52. The van der Waals surface area contributed by atoms with Gasteiger partial charge in [0, 0.05) is 48.7 Å². The Balaban J connectivity index is 1.53. The summed E-state index contributed by atoms with van der Waals surface area (Å²) in [6.07, 6.45) is 1.95. The van der Waals surface area contributed by atoms with E-state index in [0.717, 1.165) is 38.6 Å². The molecule has 1 saturated heterocycles. The Morgan fingerprint density at radius 1 is 1.50 bits per heavy atom. The van der Waals surface area contributed by atoms with Crippen molar-refractivity contribution >= 4 is 17.6 Å². The molecule has 2 N–H and O–H groups in total. The lowest BCUT2D eigenvalue weighted by Crippen LogP contribution is -2.41. The van der Waals surface area contributed by atoms with Crippen molar-refractivity contribution in [3.05, 3.63) is 34.6 Å². The van der Waals surface area contributed by atoms with Gasteiger partial charge in [0.05, 0.1) is 6.61 Å². The molecule has 1 saturated carbocycles. The van der Waals surface area contributed by atoms with E-state index in [1.54, 1.807) is 19.2 Å². The summed E-state index contributed by atoms with van der Waals surface area (Å²) in [6, 6.07) is 5.02. The standard InChI is InChI=1S/C16H21ClFN3O/c1-19-16(20-8-10-5-6-22-9-10)21-14-7-11(14)15-12(17)3-2-4-13(15)18/h2-4,10-11,14H,5-9H2,1H3,(H2,19,20,21). The molecule has 0 aromatic heterocycles. The number of rotatable bonds is 4. The molecule has 0 spiro atoms. The highest BCUT2D eigenvalue weighted by Crippen LogP contribution is 2.44. The van der Waals surface area contributed by atoms with Crippen LogP contribution in [0.3, 0.4) is 0 Å². The first kappa shape index (κ1) is 15.6. The molecule has 22 heavy (non-hydrogen) atoms. The predicted molar refractivity (Wildman–Crippen MR) is 86.0 cm³/mol. The topological polar surface area (TPSA) is 45.7 Å². The maximum atomic E-state index is 13.9. The van der Waals surface area contributed by atoms with Gasteiger partial charge in [0.1, 0.15) is 5.82 Å². The molecule has 1 aliphatic heterocycles. The van der Waals surface area contributed by atoms with Gasteiger partial charge in [-0.25, -0.2) is 4.39 Å². The minimum atomic E-state index is -0.229. The lowest BCUT2D eigenvalue weighted by atomic mass is 10.1. The van der Waals surface area contributed by atoms with E-state index < -0.39 is 0 Å². The van der Waals surface area contributed by atoms with Crippen LogP contribution in [-0.4, -0.2) is 38.8 Å². The van der Waals surface area contributed by atoms with Crippen molar-refractivity contribution in [3.63, 3.8) is 0 Å². The average molecular weight is 326 g/mol. The number of guanidine groups is 1. The van der Waals surface area contributed by atoms with Crippen LogP contribution in [0.2, 0.25) is 5.02 Å². The SMILES string of the molecule is CN=C(NCC1CCOC1)NC1CC1c1c(F)cccc1Cl. The molecule has 4 nitrogen and oxygen atoms in total. The normalized spacial score (nSPS) is 27.8. The van der Waals surface area contributed by atoms with E-state index in [-0.39, 0.29) is 17.8 Å². The van der Waals surface area contributed by atoms with Gasteiger partial charge in [-0.2, -0.15) is 0 Å². The zero-order valence-electron chi connectivity index (χ0n) is 12.6. The predicted octanol–water partition coefficient (Wildman–Crippen LogP) is 2.54. The van der Waals surface area contributed by atoms with Crippen LogP contribution in [0.15, 0.2) is 23.2 Å².